The summed E-state index contributed by atoms with van der Waals surface area (Å²) >= 11 is 7.19. The van der Waals surface area contributed by atoms with Crippen LogP contribution < -0.4 is 5.43 Å². The first-order valence-corrected chi connectivity index (χ1v) is 6.12. The third kappa shape index (κ3) is 2.45. The van der Waals surface area contributed by atoms with Gasteiger partial charge in [-0.3, -0.25) is 5.43 Å². The van der Waals surface area contributed by atoms with Crippen molar-refractivity contribution in [2.24, 2.45) is 5.10 Å². The molecule has 76 valence electrons. The van der Waals surface area contributed by atoms with Crippen molar-refractivity contribution in [2.75, 3.05) is 5.43 Å². The average molecular weight is 230 g/mol. The number of hydrogen-bond donors (Lipinski definition) is 1. The van der Waals surface area contributed by atoms with Gasteiger partial charge in [0.25, 0.3) is 0 Å². The van der Waals surface area contributed by atoms with Crippen LogP contribution in [0.15, 0.2) is 10.5 Å². The second kappa shape index (κ2) is 4.75. The molecule has 1 fully saturated rings. The van der Waals surface area contributed by atoms with Gasteiger partial charge in [-0.05, 0) is 25.7 Å². The van der Waals surface area contributed by atoms with E-state index in [1.54, 1.807) is 11.3 Å². The van der Waals surface area contributed by atoms with Crippen LogP contribution in [-0.2, 0) is 5.88 Å². The van der Waals surface area contributed by atoms with E-state index in [0.717, 1.165) is 23.7 Å². The van der Waals surface area contributed by atoms with Crippen LogP contribution in [0.1, 0.15) is 31.4 Å². The van der Waals surface area contributed by atoms with Crippen LogP contribution >= 0.6 is 22.9 Å². The number of hydrogen-bond acceptors (Lipinski definition) is 4. The van der Waals surface area contributed by atoms with Gasteiger partial charge in [0.1, 0.15) is 0 Å². The molecule has 1 aromatic heterocycles. The minimum absolute atomic E-state index is 0.467. The van der Waals surface area contributed by atoms with E-state index in [1.807, 2.05) is 5.38 Å². The molecule has 14 heavy (non-hydrogen) atoms. The summed E-state index contributed by atoms with van der Waals surface area (Å²) in [5.74, 6) is 0.467. The fraction of sp³-hybridized carbons (Fsp3) is 0.556. The topological polar surface area (TPSA) is 37.3 Å². The Balaban J connectivity index is 1.93. The third-order valence-corrected chi connectivity index (χ3v) is 3.25. The molecule has 0 atom stereocenters. The Morgan fingerprint density at radius 3 is 2.93 bits per heavy atom. The molecule has 0 aliphatic heterocycles. The van der Waals surface area contributed by atoms with Gasteiger partial charge in [-0.25, -0.2) is 4.98 Å². The van der Waals surface area contributed by atoms with Gasteiger partial charge in [0.05, 0.1) is 11.6 Å². The molecule has 5 heteroatoms. The fourth-order valence-corrected chi connectivity index (χ4v) is 2.32. The molecule has 1 N–H and O–H groups in total. The standard InChI is InChI=1S/C9H12ClN3S/c10-5-8-6-14-9(11-8)13-12-7-3-1-2-4-7/h6H,1-5H2,(H,11,13). The summed E-state index contributed by atoms with van der Waals surface area (Å²) in [4.78, 5) is 4.26. The van der Waals surface area contributed by atoms with E-state index >= 15 is 0 Å². The highest BCUT2D eigenvalue weighted by Crippen LogP contribution is 2.18. The zero-order valence-electron chi connectivity index (χ0n) is 7.79. The number of nitrogens with one attached hydrogen (secondary N) is 1. The van der Waals surface area contributed by atoms with Crippen molar-refractivity contribution in [1.82, 2.24) is 4.98 Å². The van der Waals surface area contributed by atoms with Crippen LogP contribution in [0.4, 0.5) is 5.13 Å². The highest BCUT2D eigenvalue weighted by atomic mass is 35.5. The lowest BCUT2D eigenvalue weighted by Gasteiger charge is -1.95. The van der Waals surface area contributed by atoms with E-state index in [-0.39, 0.29) is 0 Å². The Morgan fingerprint density at radius 1 is 1.50 bits per heavy atom. The molecule has 1 aliphatic rings. The minimum atomic E-state index is 0.467. The Hall–Kier alpha value is -0.610. The van der Waals surface area contributed by atoms with Crippen molar-refractivity contribution in [3.05, 3.63) is 11.1 Å². The van der Waals surface area contributed by atoms with Gasteiger partial charge < -0.3 is 0 Å². The molecular weight excluding hydrogens is 218 g/mol. The van der Waals surface area contributed by atoms with Gasteiger partial charge >= 0.3 is 0 Å². The number of thiazole rings is 1. The van der Waals surface area contributed by atoms with Crippen molar-refractivity contribution in [2.45, 2.75) is 31.6 Å². The summed E-state index contributed by atoms with van der Waals surface area (Å²) in [5.41, 5.74) is 5.14. The number of alkyl halides is 1. The predicted octanol–water partition coefficient (Wildman–Crippen LogP) is 3.22. The van der Waals surface area contributed by atoms with Crippen LogP contribution in [0.25, 0.3) is 0 Å². The highest BCUT2D eigenvalue weighted by molar-refractivity contribution is 7.13. The Labute approximate surface area is 92.2 Å². The van der Waals surface area contributed by atoms with E-state index in [1.165, 1.54) is 18.6 Å². The molecule has 1 aliphatic carbocycles. The average Bonchev–Trinajstić information content (AvgIpc) is 2.86. The smallest absolute Gasteiger partial charge is 0.203 e. The lowest BCUT2D eigenvalue weighted by molar-refractivity contribution is 0.886. The van der Waals surface area contributed by atoms with Gasteiger partial charge in [0.2, 0.25) is 5.13 Å². The number of anilines is 1. The number of aromatic nitrogens is 1. The zero-order valence-corrected chi connectivity index (χ0v) is 9.37. The fourth-order valence-electron chi connectivity index (χ4n) is 1.44. The summed E-state index contributed by atoms with van der Waals surface area (Å²) in [5, 5.41) is 7.09. The zero-order chi connectivity index (χ0) is 9.80. The second-order valence-corrected chi connectivity index (χ2v) is 4.40. The third-order valence-electron chi connectivity index (χ3n) is 2.18. The summed E-state index contributed by atoms with van der Waals surface area (Å²) in [6, 6.07) is 0. The van der Waals surface area contributed by atoms with Gasteiger partial charge in [0.15, 0.2) is 0 Å². The first-order valence-electron chi connectivity index (χ1n) is 4.70. The minimum Gasteiger partial charge on any atom is -0.253 e. The molecule has 0 amide bonds. The van der Waals surface area contributed by atoms with Crippen molar-refractivity contribution >= 4 is 33.8 Å². The number of nitrogens with zero attached hydrogens (tertiary/aromatic N) is 2. The molecule has 1 aromatic rings. The molecule has 3 nitrogen and oxygen atoms in total. The summed E-state index contributed by atoms with van der Waals surface area (Å²) in [6.45, 7) is 0. The molecule has 1 saturated carbocycles. The maximum absolute atomic E-state index is 5.65. The summed E-state index contributed by atoms with van der Waals surface area (Å²) in [6.07, 6.45) is 4.79. The molecule has 0 bridgehead atoms. The van der Waals surface area contributed by atoms with Crippen molar-refractivity contribution in [3.63, 3.8) is 0 Å². The number of hydrazone groups is 1. The molecule has 2 rings (SSSR count). The Morgan fingerprint density at radius 2 is 2.29 bits per heavy atom. The second-order valence-electron chi connectivity index (χ2n) is 3.27. The van der Waals surface area contributed by atoms with Crippen molar-refractivity contribution in [3.8, 4) is 0 Å². The van der Waals surface area contributed by atoms with Crippen LogP contribution in [0.5, 0.6) is 0 Å². The lowest BCUT2D eigenvalue weighted by atomic mass is 10.3. The monoisotopic (exact) mass is 229 g/mol. The maximum atomic E-state index is 5.65. The Bertz CT molecular complexity index is 327. The van der Waals surface area contributed by atoms with Crippen molar-refractivity contribution in [1.29, 1.82) is 0 Å². The molecule has 1 heterocycles. The summed E-state index contributed by atoms with van der Waals surface area (Å²) < 4.78 is 0. The quantitative estimate of drug-likeness (QED) is 0.638. The predicted molar refractivity (Wildman–Crippen MR) is 61.2 cm³/mol. The van der Waals surface area contributed by atoms with E-state index in [2.05, 4.69) is 15.5 Å². The molecule has 0 radical (unpaired) electrons. The lowest BCUT2D eigenvalue weighted by Crippen LogP contribution is -1.96. The van der Waals surface area contributed by atoms with Gasteiger partial charge in [-0.1, -0.05) is 0 Å². The summed E-state index contributed by atoms with van der Waals surface area (Å²) in [7, 11) is 0. The van der Waals surface area contributed by atoms with Crippen LogP contribution in [0.2, 0.25) is 0 Å². The molecular formula is C9H12ClN3S. The first-order chi connectivity index (χ1) is 6.88. The van der Waals surface area contributed by atoms with E-state index in [0.29, 0.717) is 5.88 Å². The molecule has 0 spiro atoms. The first kappa shape index (κ1) is 9.93. The normalized spacial score (nSPS) is 15.9. The van der Waals surface area contributed by atoms with Gasteiger partial charge in [-0.2, -0.15) is 5.10 Å². The highest BCUT2D eigenvalue weighted by Gasteiger charge is 2.08. The van der Waals surface area contributed by atoms with Crippen molar-refractivity contribution < 1.29 is 0 Å². The van der Waals surface area contributed by atoms with Gasteiger partial charge in [-0.15, -0.1) is 22.9 Å². The molecule has 0 aromatic carbocycles. The van der Waals surface area contributed by atoms with Crippen LogP contribution in [0.3, 0.4) is 0 Å². The van der Waals surface area contributed by atoms with E-state index in [4.69, 9.17) is 11.6 Å². The van der Waals surface area contributed by atoms with Crippen LogP contribution in [0, 0.1) is 0 Å². The van der Waals surface area contributed by atoms with Gasteiger partial charge in [0, 0.05) is 11.1 Å². The van der Waals surface area contributed by atoms with Crippen LogP contribution in [-0.4, -0.2) is 10.7 Å². The van der Waals surface area contributed by atoms with E-state index < -0.39 is 0 Å². The number of rotatable bonds is 3. The van der Waals surface area contributed by atoms with E-state index in [9.17, 15) is 0 Å². The number of halogens is 1. The largest absolute Gasteiger partial charge is 0.253 e. The SMILES string of the molecule is ClCc1csc(NN=C2CCCC2)n1. The molecule has 0 unspecified atom stereocenters. The molecule has 0 saturated heterocycles. The maximum Gasteiger partial charge on any atom is 0.203 e. The Kier molecular flexibility index (Phi) is 3.37.